The predicted octanol–water partition coefficient (Wildman–Crippen LogP) is 0.489. The van der Waals surface area contributed by atoms with Crippen molar-refractivity contribution >= 4 is 30.1 Å². The highest BCUT2D eigenvalue weighted by molar-refractivity contribution is 5.95. The van der Waals surface area contributed by atoms with Crippen LogP contribution >= 0.6 is 12.4 Å². The first-order valence-corrected chi connectivity index (χ1v) is 7.91. The van der Waals surface area contributed by atoms with Gasteiger partial charge in [0.05, 0.1) is 5.69 Å². The van der Waals surface area contributed by atoms with Crippen LogP contribution in [0.5, 0.6) is 5.75 Å². The zero-order chi connectivity index (χ0) is 19.3. The lowest BCUT2D eigenvalue weighted by Crippen LogP contribution is -2.27. The number of halogens is 1. The lowest BCUT2D eigenvalue weighted by Gasteiger charge is -2.13. The van der Waals surface area contributed by atoms with E-state index in [9.17, 15) is 9.59 Å². The van der Waals surface area contributed by atoms with Gasteiger partial charge in [0.2, 0.25) is 0 Å². The number of hydrogen-bond acceptors (Lipinski definition) is 5. The van der Waals surface area contributed by atoms with E-state index in [4.69, 9.17) is 15.9 Å². The Hall–Kier alpha value is -3.07. The highest BCUT2D eigenvalue weighted by Gasteiger charge is 2.14. The van der Waals surface area contributed by atoms with Crippen LogP contribution in [0.25, 0.3) is 0 Å². The van der Waals surface area contributed by atoms with Gasteiger partial charge in [0.15, 0.2) is 6.61 Å². The number of nitrogens with zero attached hydrogens (tertiary/aromatic N) is 2. The molecule has 9 nitrogen and oxygen atoms in total. The first-order chi connectivity index (χ1) is 12.3. The van der Waals surface area contributed by atoms with Crippen LogP contribution in [0.3, 0.4) is 0 Å². The summed E-state index contributed by atoms with van der Waals surface area (Å²) in [6.45, 7) is 1.81. The number of carbonyl (C=O) groups excluding carboxylic acids is 2. The Morgan fingerprint density at radius 2 is 2.04 bits per heavy atom. The number of amides is 2. The minimum Gasteiger partial charge on any atom is -0.483 e. The van der Waals surface area contributed by atoms with Gasteiger partial charge in [-0.05, 0) is 19.1 Å². The molecule has 1 heterocycles. The number of hydrogen-bond donors (Lipinski definition) is 4. The number of likely N-dealkylation sites (N-methyl/N-ethyl adjacent to an activating group) is 1. The topological polar surface area (TPSA) is 135 Å². The second-order valence-electron chi connectivity index (χ2n) is 5.68. The molecule has 146 valence electrons. The van der Waals surface area contributed by atoms with Crippen molar-refractivity contribution < 1.29 is 14.3 Å². The summed E-state index contributed by atoms with van der Waals surface area (Å²) < 4.78 is 7.02. The van der Waals surface area contributed by atoms with E-state index in [1.54, 1.807) is 31.3 Å². The van der Waals surface area contributed by atoms with Gasteiger partial charge < -0.3 is 21.1 Å². The number of nitrogens with two attached hydrogens (primary N) is 1. The predicted molar refractivity (Wildman–Crippen MR) is 103 cm³/mol. The normalized spacial score (nSPS) is 9.89. The molecule has 0 aliphatic rings. The van der Waals surface area contributed by atoms with Gasteiger partial charge in [0.25, 0.3) is 11.8 Å². The Kier molecular flexibility index (Phi) is 7.79. The van der Waals surface area contributed by atoms with Crippen molar-refractivity contribution in [3.05, 3.63) is 46.8 Å². The average Bonchev–Trinajstić information content (AvgIpc) is 2.95. The third-order valence-electron chi connectivity index (χ3n) is 3.69. The third-order valence-corrected chi connectivity index (χ3v) is 3.69. The summed E-state index contributed by atoms with van der Waals surface area (Å²) in [6.07, 6.45) is 0. The molecule has 2 rings (SSSR count). The summed E-state index contributed by atoms with van der Waals surface area (Å²) in [6, 6.07) is 6.62. The Bertz CT molecular complexity index is 849. The van der Waals surface area contributed by atoms with Gasteiger partial charge >= 0.3 is 0 Å². The number of carbonyl (C=O) groups is 2. The van der Waals surface area contributed by atoms with Crippen molar-refractivity contribution in [3.8, 4) is 5.75 Å². The van der Waals surface area contributed by atoms with Crippen LogP contribution in [0.4, 0.5) is 0 Å². The highest BCUT2D eigenvalue weighted by atomic mass is 35.5. The molecular weight excluding hydrogens is 372 g/mol. The van der Waals surface area contributed by atoms with Crippen molar-refractivity contribution in [3.63, 3.8) is 0 Å². The molecule has 0 fully saturated rings. The Morgan fingerprint density at radius 3 is 2.59 bits per heavy atom. The molecule has 10 heteroatoms. The minimum absolute atomic E-state index is 0. The smallest absolute Gasteiger partial charge is 0.269 e. The first-order valence-electron chi connectivity index (χ1n) is 7.91. The molecular formula is C17H23ClN6O3. The van der Waals surface area contributed by atoms with Crippen LogP contribution in [0.15, 0.2) is 24.3 Å². The van der Waals surface area contributed by atoms with E-state index in [-0.39, 0.29) is 43.2 Å². The van der Waals surface area contributed by atoms with Gasteiger partial charge in [-0.3, -0.25) is 19.7 Å². The molecule has 0 saturated carbocycles. The lowest BCUT2D eigenvalue weighted by molar-refractivity contribution is -0.122. The number of nitrogen functional groups attached to an aromatic ring is 1. The third kappa shape index (κ3) is 5.71. The number of ether oxygens (including phenoxy) is 1. The van der Waals surface area contributed by atoms with Crippen molar-refractivity contribution in [1.29, 1.82) is 5.41 Å². The van der Waals surface area contributed by atoms with Gasteiger partial charge in [0.1, 0.15) is 17.3 Å². The molecule has 27 heavy (non-hydrogen) atoms. The molecule has 2 aromatic rings. The largest absolute Gasteiger partial charge is 0.483 e. The molecule has 0 bridgehead atoms. The zero-order valence-corrected chi connectivity index (χ0v) is 16.1. The summed E-state index contributed by atoms with van der Waals surface area (Å²) in [7, 11) is 3.20. The van der Waals surface area contributed by atoms with Gasteiger partial charge in [-0.25, -0.2) is 0 Å². The summed E-state index contributed by atoms with van der Waals surface area (Å²) in [4.78, 5) is 23.7. The summed E-state index contributed by atoms with van der Waals surface area (Å²) in [5.74, 6) is -0.307. The van der Waals surface area contributed by atoms with Gasteiger partial charge in [-0.15, -0.1) is 12.4 Å². The Morgan fingerprint density at radius 1 is 1.33 bits per heavy atom. The van der Waals surface area contributed by atoms with Gasteiger partial charge in [-0.1, -0.05) is 12.1 Å². The maximum Gasteiger partial charge on any atom is 0.269 e. The molecule has 0 radical (unpaired) electrons. The fourth-order valence-corrected chi connectivity index (χ4v) is 2.31. The van der Waals surface area contributed by atoms with Crippen LogP contribution in [-0.4, -0.2) is 41.1 Å². The second-order valence-corrected chi connectivity index (χ2v) is 5.68. The van der Waals surface area contributed by atoms with E-state index in [2.05, 4.69) is 15.7 Å². The van der Waals surface area contributed by atoms with Crippen molar-refractivity contribution in [2.75, 3.05) is 13.7 Å². The van der Waals surface area contributed by atoms with Crippen LogP contribution in [0, 0.1) is 12.3 Å². The Balaban J connectivity index is 0.00000364. The number of aryl methyl sites for hydroxylation is 2. The molecule has 0 saturated heterocycles. The second kappa shape index (κ2) is 9.58. The SMILES string of the molecule is CNC(=O)COc1cc(C(=N)N)ccc1CNC(=O)c1cc(C)nn1C.Cl. The molecule has 5 N–H and O–H groups in total. The van der Waals surface area contributed by atoms with Crippen molar-refractivity contribution in [2.24, 2.45) is 12.8 Å². The van der Waals surface area contributed by atoms with Crippen LogP contribution in [-0.2, 0) is 18.4 Å². The summed E-state index contributed by atoms with van der Waals surface area (Å²) >= 11 is 0. The molecule has 0 spiro atoms. The minimum atomic E-state index is -0.293. The monoisotopic (exact) mass is 394 g/mol. The number of benzene rings is 1. The summed E-state index contributed by atoms with van der Waals surface area (Å²) in [5, 5.41) is 16.9. The van der Waals surface area contributed by atoms with Crippen LogP contribution in [0.2, 0.25) is 0 Å². The number of aromatic nitrogens is 2. The molecule has 0 aliphatic carbocycles. The first kappa shape index (κ1) is 22.0. The van der Waals surface area contributed by atoms with Crippen molar-refractivity contribution in [1.82, 2.24) is 20.4 Å². The van der Waals surface area contributed by atoms with E-state index in [1.807, 2.05) is 6.92 Å². The van der Waals surface area contributed by atoms with Crippen molar-refractivity contribution in [2.45, 2.75) is 13.5 Å². The maximum atomic E-state index is 12.3. The molecule has 1 aromatic carbocycles. The number of amidine groups is 1. The van der Waals surface area contributed by atoms with E-state index in [0.717, 1.165) is 5.69 Å². The number of nitrogens with one attached hydrogen (secondary N) is 3. The average molecular weight is 395 g/mol. The standard InChI is InChI=1S/C17H22N6O3.ClH/c1-10-6-13(23(3)22-10)17(25)21-8-12-5-4-11(16(18)19)7-14(12)26-9-15(24)20-2;/h4-7H,8-9H2,1-3H3,(H3,18,19)(H,20,24)(H,21,25);1H. The van der Waals surface area contributed by atoms with Gasteiger partial charge in [-0.2, -0.15) is 5.10 Å². The zero-order valence-electron chi connectivity index (χ0n) is 15.3. The fraction of sp³-hybridized carbons (Fsp3) is 0.294. The highest BCUT2D eigenvalue weighted by Crippen LogP contribution is 2.21. The quantitative estimate of drug-likeness (QED) is 0.400. The lowest BCUT2D eigenvalue weighted by atomic mass is 10.1. The molecule has 1 aromatic heterocycles. The van der Waals surface area contributed by atoms with E-state index in [1.165, 1.54) is 11.7 Å². The van der Waals surface area contributed by atoms with Crippen LogP contribution < -0.4 is 21.1 Å². The molecule has 0 unspecified atom stereocenters. The van der Waals surface area contributed by atoms with Gasteiger partial charge in [0, 0.05) is 31.8 Å². The molecule has 2 amide bonds. The van der Waals surface area contributed by atoms with Crippen LogP contribution in [0.1, 0.15) is 27.3 Å². The molecule has 0 aliphatic heterocycles. The number of rotatable bonds is 7. The Labute approximate surface area is 163 Å². The maximum absolute atomic E-state index is 12.3. The van der Waals surface area contributed by atoms with E-state index < -0.39 is 0 Å². The fourth-order valence-electron chi connectivity index (χ4n) is 2.31. The van der Waals surface area contributed by atoms with E-state index >= 15 is 0 Å². The van der Waals surface area contributed by atoms with E-state index in [0.29, 0.717) is 22.6 Å². The molecule has 0 atom stereocenters. The summed E-state index contributed by atoms with van der Waals surface area (Å²) in [5.41, 5.74) is 7.82.